The van der Waals surface area contributed by atoms with E-state index in [4.69, 9.17) is 9.15 Å². The topological polar surface area (TPSA) is 63.0 Å². The summed E-state index contributed by atoms with van der Waals surface area (Å²) in [6.07, 6.45) is 3.22. The SMILES string of the molecule is C[C@@H]1C[C@H]1c1ccc(CN(C(=O)c2cccc(OCC(=O)N(C)C)c2)C2CC2)o1. The van der Waals surface area contributed by atoms with Gasteiger partial charge >= 0.3 is 0 Å². The molecule has 0 unspecified atom stereocenters. The van der Waals surface area contributed by atoms with Crippen LogP contribution in [0.25, 0.3) is 0 Å². The Morgan fingerprint density at radius 1 is 1.17 bits per heavy atom. The molecule has 2 fully saturated rings. The second-order valence-corrected chi connectivity index (χ2v) is 8.39. The van der Waals surface area contributed by atoms with Gasteiger partial charge in [-0.15, -0.1) is 0 Å². The van der Waals surface area contributed by atoms with Crippen molar-refractivity contribution >= 4 is 11.8 Å². The maximum absolute atomic E-state index is 13.2. The molecule has 4 rings (SSSR count). The van der Waals surface area contributed by atoms with Crippen LogP contribution >= 0.6 is 0 Å². The van der Waals surface area contributed by atoms with Crippen molar-refractivity contribution in [3.05, 3.63) is 53.5 Å². The van der Waals surface area contributed by atoms with Crippen molar-refractivity contribution in [1.82, 2.24) is 9.80 Å². The summed E-state index contributed by atoms with van der Waals surface area (Å²) < 4.78 is 11.6. The highest BCUT2D eigenvalue weighted by molar-refractivity contribution is 5.95. The molecule has 2 atom stereocenters. The van der Waals surface area contributed by atoms with Crippen LogP contribution in [0.5, 0.6) is 5.75 Å². The molecular formula is C23H28N2O4. The third kappa shape index (κ3) is 4.63. The van der Waals surface area contributed by atoms with Crippen molar-refractivity contribution in [2.24, 2.45) is 5.92 Å². The molecule has 1 aromatic carbocycles. The molecule has 29 heavy (non-hydrogen) atoms. The van der Waals surface area contributed by atoms with Crippen molar-refractivity contribution in [1.29, 1.82) is 0 Å². The van der Waals surface area contributed by atoms with Crippen LogP contribution in [-0.4, -0.2) is 48.4 Å². The second kappa shape index (κ2) is 7.93. The molecule has 2 aromatic rings. The Hall–Kier alpha value is -2.76. The fourth-order valence-corrected chi connectivity index (χ4v) is 3.48. The largest absolute Gasteiger partial charge is 0.484 e. The number of furan rings is 1. The van der Waals surface area contributed by atoms with E-state index >= 15 is 0 Å². The number of amides is 2. The lowest BCUT2D eigenvalue weighted by atomic mass is 10.1. The number of likely N-dealkylation sites (N-methyl/N-ethyl adjacent to an activating group) is 1. The van der Waals surface area contributed by atoms with E-state index in [1.807, 2.05) is 11.0 Å². The van der Waals surface area contributed by atoms with Gasteiger partial charge in [0, 0.05) is 31.6 Å². The van der Waals surface area contributed by atoms with Gasteiger partial charge in [-0.1, -0.05) is 13.0 Å². The molecule has 2 amide bonds. The minimum atomic E-state index is -0.125. The summed E-state index contributed by atoms with van der Waals surface area (Å²) in [5, 5.41) is 0. The van der Waals surface area contributed by atoms with Gasteiger partial charge in [0.25, 0.3) is 11.8 Å². The number of rotatable bonds is 8. The molecule has 2 aliphatic carbocycles. The number of nitrogens with zero attached hydrogens (tertiary/aromatic N) is 2. The molecule has 1 heterocycles. The molecule has 1 aromatic heterocycles. The van der Waals surface area contributed by atoms with Crippen LogP contribution in [0.1, 0.15) is 54.0 Å². The van der Waals surface area contributed by atoms with Gasteiger partial charge in [0.05, 0.1) is 6.54 Å². The van der Waals surface area contributed by atoms with Crippen LogP contribution in [-0.2, 0) is 11.3 Å². The first kappa shape index (κ1) is 19.6. The minimum absolute atomic E-state index is 0.0328. The van der Waals surface area contributed by atoms with Crippen molar-refractivity contribution in [3.8, 4) is 5.75 Å². The highest BCUT2D eigenvalue weighted by Crippen LogP contribution is 2.47. The summed E-state index contributed by atoms with van der Waals surface area (Å²) in [5.74, 6) is 3.46. The fourth-order valence-electron chi connectivity index (χ4n) is 3.48. The first-order valence-corrected chi connectivity index (χ1v) is 10.2. The van der Waals surface area contributed by atoms with Crippen LogP contribution in [0.2, 0.25) is 0 Å². The van der Waals surface area contributed by atoms with Crippen molar-refractivity contribution < 1.29 is 18.7 Å². The number of hydrogen-bond acceptors (Lipinski definition) is 4. The Balaban J connectivity index is 1.44. The molecule has 2 aliphatic rings. The molecule has 6 heteroatoms. The summed E-state index contributed by atoms with van der Waals surface area (Å²) in [6.45, 7) is 2.66. The minimum Gasteiger partial charge on any atom is -0.484 e. The number of ether oxygens (including phenoxy) is 1. The Morgan fingerprint density at radius 3 is 2.59 bits per heavy atom. The molecular weight excluding hydrogens is 368 g/mol. The van der Waals surface area contributed by atoms with E-state index < -0.39 is 0 Å². The van der Waals surface area contributed by atoms with Gasteiger partial charge in [0.2, 0.25) is 0 Å². The molecule has 0 bridgehead atoms. The molecule has 0 aliphatic heterocycles. The fraction of sp³-hybridized carbons (Fsp3) is 0.478. The number of hydrogen-bond donors (Lipinski definition) is 0. The third-order valence-electron chi connectivity index (χ3n) is 5.67. The predicted octanol–water partition coefficient (Wildman–Crippen LogP) is 3.67. The Labute approximate surface area is 171 Å². The van der Waals surface area contributed by atoms with Crippen LogP contribution in [0.3, 0.4) is 0 Å². The molecule has 6 nitrogen and oxygen atoms in total. The quantitative estimate of drug-likeness (QED) is 0.683. The van der Waals surface area contributed by atoms with Crippen molar-refractivity contribution in [2.45, 2.75) is 44.7 Å². The van der Waals surface area contributed by atoms with E-state index in [0.29, 0.717) is 29.7 Å². The van der Waals surface area contributed by atoms with E-state index in [1.54, 1.807) is 38.4 Å². The zero-order chi connectivity index (χ0) is 20.5. The van der Waals surface area contributed by atoms with Gasteiger partial charge in [-0.2, -0.15) is 0 Å². The predicted molar refractivity (Wildman–Crippen MR) is 109 cm³/mol. The van der Waals surface area contributed by atoms with Gasteiger partial charge in [-0.3, -0.25) is 9.59 Å². The van der Waals surface area contributed by atoms with Crippen LogP contribution in [0.4, 0.5) is 0 Å². The first-order valence-electron chi connectivity index (χ1n) is 10.2. The van der Waals surface area contributed by atoms with Gasteiger partial charge < -0.3 is 19.0 Å². The monoisotopic (exact) mass is 396 g/mol. The van der Waals surface area contributed by atoms with E-state index in [0.717, 1.165) is 24.4 Å². The molecule has 0 radical (unpaired) electrons. The number of carbonyl (C=O) groups excluding carboxylic acids is 2. The summed E-state index contributed by atoms with van der Waals surface area (Å²) in [6, 6.07) is 11.3. The van der Waals surface area contributed by atoms with Crippen molar-refractivity contribution in [2.75, 3.05) is 20.7 Å². The van der Waals surface area contributed by atoms with E-state index in [9.17, 15) is 9.59 Å². The van der Waals surface area contributed by atoms with Crippen LogP contribution in [0, 0.1) is 5.92 Å². The third-order valence-corrected chi connectivity index (χ3v) is 5.67. The average molecular weight is 396 g/mol. The van der Waals surface area contributed by atoms with Gasteiger partial charge in [0.1, 0.15) is 17.3 Å². The van der Waals surface area contributed by atoms with Crippen LogP contribution < -0.4 is 4.74 Å². The normalized spacial score (nSPS) is 20.2. The van der Waals surface area contributed by atoms with E-state index in [1.165, 1.54) is 11.3 Å². The maximum atomic E-state index is 13.2. The molecule has 154 valence electrons. The molecule has 2 saturated carbocycles. The standard InChI is InChI=1S/C23H28N2O4/c1-15-11-20(15)21-10-9-19(29-21)13-25(17-7-8-17)23(27)16-5-4-6-18(12-16)28-14-22(26)24(2)3/h4-6,9-10,12,15,17,20H,7-8,11,13-14H2,1-3H3/t15-,20-/m1/s1. The molecule has 0 spiro atoms. The van der Waals surface area contributed by atoms with Gasteiger partial charge in [-0.25, -0.2) is 0 Å². The summed E-state index contributed by atoms with van der Waals surface area (Å²) >= 11 is 0. The molecule has 0 N–H and O–H groups in total. The van der Waals surface area contributed by atoms with Gasteiger partial charge in [-0.05, 0) is 55.5 Å². The lowest BCUT2D eigenvalue weighted by Crippen LogP contribution is -2.32. The highest BCUT2D eigenvalue weighted by Gasteiger charge is 2.37. The van der Waals surface area contributed by atoms with Crippen molar-refractivity contribution in [3.63, 3.8) is 0 Å². The van der Waals surface area contributed by atoms with E-state index in [-0.39, 0.29) is 24.5 Å². The Morgan fingerprint density at radius 2 is 1.93 bits per heavy atom. The zero-order valence-corrected chi connectivity index (χ0v) is 17.3. The van der Waals surface area contributed by atoms with E-state index in [2.05, 4.69) is 13.0 Å². The summed E-state index contributed by atoms with van der Waals surface area (Å²) in [4.78, 5) is 28.3. The second-order valence-electron chi connectivity index (χ2n) is 8.39. The summed E-state index contributed by atoms with van der Waals surface area (Å²) in [5.41, 5.74) is 0.564. The molecule has 0 saturated heterocycles. The number of carbonyl (C=O) groups is 2. The Bertz CT molecular complexity index is 900. The summed E-state index contributed by atoms with van der Waals surface area (Å²) in [7, 11) is 3.37. The Kier molecular flexibility index (Phi) is 5.35. The van der Waals surface area contributed by atoms with Gasteiger partial charge in [0.15, 0.2) is 6.61 Å². The maximum Gasteiger partial charge on any atom is 0.259 e. The average Bonchev–Trinajstić information content (AvgIpc) is 3.63. The zero-order valence-electron chi connectivity index (χ0n) is 17.3. The smallest absolute Gasteiger partial charge is 0.259 e. The lowest BCUT2D eigenvalue weighted by Gasteiger charge is -2.21. The lowest BCUT2D eigenvalue weighted by molar-refractivity contribution is -0.130. The van der Waals surface area contributed by atoms with Crippen LogP contribution in [0.15, 0.2) is 40.8 Å². The highest BCUT2D eigenvalue weighted by atomic mass is 16.5. The first-order chi connectivity index (χ1) is 13.9. The number of benzene rings is 1.